The van der Waals surface area contributed by atoms with Crippen LogP contribution in [0.2, 0.25) is 0 Å². The molecule has 0 fully saturated rings. The molecule has 0 saturated carbocycles. The number of fused-ring (bicyclic) bond motifs is 1. The van der Waals surface area contributed by atoms with E-state index in [1.165, 1.54) is 37.1 Å². The first-order valence-electron chi connectivity index (χ1n) is 8.96. The van der Waals surface area contributed by atoms with Crippen LogP contribution in [-0.4, -0.2) is 43.3 Å². The molecule has 1 heterocycles. The molecule has 1 atom stereocenters. The van der Waals surface area contributed by atoms with Crippen LogP contribution in [-0.2, 0) is 4.79 Å². The number of rotatable bonds is 8. The van der Waals surface area contributed by atoms with E-state index in [9.17, 15) is 18.4 Å². The lowest BCUT2D eigenvalue weighted by Crippen LogP contribution is -2.44. The van der Waals surface area contributed by atoms with Crippen molar-refractivity contribution in [3.8, 4) is 17.2 Å². The Labute approximate surface area is 176 Å². The van der Waals surface area contributed by atoms with Gasteiger partial charge in [-0.2, -0.15) is 11.8 Å². The second-order valence-corrected chi connectivity index (χ2v) is 7.31. The number of halogens is 2. The van der Waals surface area contributed by atoms with Gasteiger partial charge in [0, 0.05) is 11.8 Å². The van der Waals surface area contributed by atoms with Crippen LogP contribution in [0.3, 0.4) is 0 Å². The highest BCUT2D eigenvalue weighted by Gasteiger charge is 2.43. The number of amides is 2. The van der Waals surface area contributed by atoms with Crippen LogP contribution in [0.5, 0.6) is 17.2 Å². The minimum atomic E-state index is -3.74. The van der Waals surface area contributed by atoms with Crippen LogP contribution in [0.1, 0.15) is 16.8 Å². The molecular weight excluding hydrogens is 418 g/mol. The molecule has 0 aromatic heterocycles. The molecule has 2 N–H and O–H groups in total. The maximum Gasteiger partial charge on any atom is 0.586 e. The fourth-order valence-electron chi connectivity index (χ4n) is 2.83. The molecule has 30 heavy (non-hydrogen) atoms. The van der Waals surface area contributed by atoms with Crippen LogP contribution >= 0.6 is 11.8 Å². The van der Waals surface area contributed by atoms with Gasteiger partial charge in [-0.1, -0.05) is 12.1 Å². The summed E-state index contributed by atoms with van der Waals surface area (Å²) < 4.78 is 40.3. The Morgan fingerprint density at radius 2 is 1.90 bits per heavy atom. The second kappa shape index (κ2) is 9.21. The number of anilines is 1. The Morgan fingerprint density at radius 1 is 1.17 bits per heavy atom. The fraction of sp³-hybridized carbons (Fsp3) is 0.300. The first-order chi connectivity index (χ1) is 14.3. The lowest BCUT2D eigenvalue weighted by Gasteiger charge is -2.19. The summed E-state index contributed by atoms with van der Waals surface area (Å²) in [7, 11) is 1.45. The van der Waals surface area contributed by atoms with Crippen LogP contribution in [0.15, 0.2) is 42.5 Å². The predicted octanol–water partition coefficient (Wildman–Crippen LogP) is 3.51. The Kier molecular flexibility index (Phi) is 6.66. The number of carbonyl (C=O) groups excluding carboxylic acids is 2. The van der Waals surface area contributed by atoms with Gasteiger partial charge in [-0.05, 0) is 42.7 Å². The van der Waals surface area contributed by atoms with Gasteiger partial charge in [0.2, 0.25) is 5.91 Å². The van der Waals surface area contributed by atoms with Crippen molar-refractivity contribution >= 4 is 29.3 Å². The molecule has 2 aromatic rings. The Hall–Kier alpha value is -3.01. The fourth-order valence-corrected chi connectivity index (χ4v) is 3.30. The number of alkyl halides is 2. The van der Waals surface area contributed by atoms with Crippen LogP contribution in [0.4, 0.5) is 14.5 Å². The summed E-state index contributed by atoms with van der Waals surface area (Å²) >= 11 is 1.52. The van der Waals surface area contributed by atoms with Gasteiger partial charge >= 0.3 is 6.29 Å². The summed E-state index contributed by atoms with van der Waals surface area (Å²) in [6, 6.07) is 9.74. The number of hydrogen-bond donors (Lipinski definition) is 2. The Morgan fingerprint density at radius 3 is 2.63 bits per heavy atom. The van der Waals surface area contributed by atoms with Gasteiger partial charge in [0.25, 0.3) is 5.91 Å². The third-order valence-electron chi connectivity index (χ3n) is 4.25. The smallest absolute Gasteiger partial charge is 0.496 e. The van der Waals surface area contributed by atoms with Gasteiger partial charge in [-0.3, -0.25) is 9.59 Å². The Balaban J connectivity index is 1.72. The molecule has 7 nitrogen and oxygen atoms in total. The van der Waals surface area contributed by atoms with Crippen molar-refractivity contribution in [2.75, 3.05) is 24.4 Å². The number of hydrogen-bond acceptors (Lipinski definition) is 6. The maximum atomic E-state index is 13.2. The summed E-state index contributed by atoms with van der Waals surface area (Å²) in [6.07, 6.45) is -1.49. The van der Waals surface area contributed by atoms with Crippen molar-refractivity contribution in [3.63, 3.8) is 0 Å². The highest BCUT2D eigenvalue weighted by molar-refractivity contribution is 7.98. The van der Waals surface area contributed by atoms with E-state index in [1.807, 2.05) is 6.26 Å². The van der Waals surface area contributed by atoms with Crippen molar-refractivity contribution in [1.29, 1.82) is 0 Å². The van der Waals surface area contributed by atoms with E-state index in [0.717, 1.165) is 0 Å². The molecule has 0 saturated heterocycles. The molecule has 3 rings (SSSR count). The molecule has 160 valence electrons. The molecule has 0 spiro atoms. The number of thioether (sulfide) groups is 1. The van der Waals surface area contributed by atoms with E-state index in [0.29, 0.717) is 23.5 Å². The highest BCUT2D eigenvalue weighted by atomic mass is 32.2. The molecule has 1 unspecified atom stereocenters. The summed E-state index contributed by atoms with van der Waals surface area (Å²) in [5.41, 5.74) is 0.535. The van der Waals surface area contributed by atoms with Crippen molar-refractivity contribution in [2.45, 2.75) is 18.8 Å². The van der Waals surface area contributed by atoms with E-state index in [-0.39, 0.29) is 17.2 Å². The van der Waals surface area contributed by atoms with Crippen molar-refractivity contribution in [3.05, 3.63) is 48.0 Å². The zero-order chi connectivity index (χ0) is 21.7. The topological polar surface area (TPSA) is 85.9 Å². The first kappa shape index (κ1) is 21.7. The zero-order valence-corrected chi connectivity index (χ0v) is 17.1. The average molecular weight is 438 g/mol. The van der Waals surface area contributed by atoms with Gasteiger partial charge in [-0.25, -0.2) is 0 Å². The monoisotopic (exact) mass is 438 g/mol. The quantitative estimate of drug-likeness (QED) is 0.656. The lowest BCUT2D eigenvalue weighted by molar-refractivity contribution is -0.286. The number of methoxy groups -OCH3 is 1. The predicted molar refractivity (Wildman–Crippen MR) is 109 cm³/mol. The standard InChI is InChI=1S/C20H20F2N2O5S/c1-27-15-6-4-3-5-13(15)18(25)24-14(9-10-30-2)19(26)23-12-7-8-16-17(11-12)29-20(21,22)28-16/h3-8,11,14H,9-10H2,1-2H3,(H,23,26)(H,24,25). The van der Waals surface area contributed by atoms with Crippen LogP contribution < -0.4 is 24.8 Å². The van der Waals surface area contributed by atoms with E-state index in [2.05, 4.69) is 20.1 Å². The van der Waals surface area contributed by atoms with E-state index < -0.39 is 24.2 Å². The molecule has 0 bridgehead atoms. The van der Waals surface area contributed by atoms with Gasteiger partial charge in [0.05, 0.1) is 12.7 Å². The zero-order valence-electron chi connectivity index (χ0n) is 16.2. The van der Waals surface area contributed by atoms with Gasteiger partial charge < -0.3 is 24.8 Å². The summed E-state index contributed by atoms with van der Waals surface area (Å²) in [5, 5.41) is 5.33. The molecule has 0 aliphatic carbocycles. The molecule has 10 heteroatoms. The molecule has 2 aromatic carbocycles. The van der Waals surface area contributed by atoms with Gasteiger partial charge in [-0.15, -0.1) is 8.78 Å². The van der Waals surface area contributed by atoms with Crippen LogP contribution in [0.25, 0.3) is 0 Å². The van der Waals surface area contributed by atoms with Gasteiger partial charge in [0.15, 0.2) is 11.5 Å². The largest absolute Gasteiger partial charge is 0.586 e. The number of carbonyl (C=O) groups is 2. The minimum absolute atomic E-state index is 0.124. The van der Waals surface area contributed by atoms with E-state index in [4.69, 9.17) is 4.74 Å². The Bertz CT molecular complexity index is 941. The average Bonchev–Trinajstić information content (AvgIpc) is 3.03. The first-order valence-corrected chi connectivity index (χ1v) is 10.4. The second-order valence-electron chi connectivity index (χ2n) is 6.33. The summed E-state index contributed by atoms with van der Waals surface area (Å²) in [5.74, 6) is -0.247. The van der Waals surface area contributed by atoms with Crippen molar-refractivity contribution < 1.29 is 32.6 Å². The van der Waals surface area contributed by atoms with E-state index >= 15 is 0 Å². The van der Waals surface area contributed by atoms with Gasteiger partial charge in [0.1, 0.15) is 11.8 Å². The van der Waals surface area contributed by atoms with Crippen molar-refractivity contribution in [2.24, 2.45) is 0 Å². The lowest BCUT2D eigenvalue weighted by atomic mass is 10.1. The third-order valence-corrected chi connectivity index (χ3v) is 4.90. The molecule has 1 aliphatic heterocycles. The molecule has 2 amide bonds. The molecule has 1 aliphatic rings. The third kappa shape index (κ3) is 5.12. The van der Waals surface area contributed by atoms with E-state index in [1.54, 1.807) is 24.3 Å². The van der Waals surface area contributed by atoms with Crippen LogP contribution in [0, 0.1) is 0 Å². The summed E-state index contributed by atoms with van der Waals surface area (Å²) in [4.78, 5) is 25.5. The number of ether oxygens (including phenoxy) is 3. The summed E-state index contributed by atoms with van der Waals surface area (Å²) in [6.45, 7) is 0. The minimum Gasteiger partial charge on any atom is -0.496 e. The molecular formula is C20H20F2N2O5S. The number of para-hydroxylation sites is 1. The molecule has 0 radical (unpaired) electrons. The normalized spacial score (nSPS) is 14.7. The number of benzene rings is 2. The SMILES string of the molecule is COc1ccccc1C(=O)NC(CCSC)C(=O)Nc1ccc2c(c1)OC(F)(F)O2. The maximum absolute atomic E-state index is 13.2. The van der Waals surface area contributed by atoms with Crippen molar-refractivity contribution in [1.82, 2.24) is 5.32 Å². The highest BCUT2D eigenvalue weighted by Crippen LogP contribution is 2.42. The number of nitrogens with one attached hydrogen (secondary N) is 2.